The molecular weight excluding hydrogens is 166 g/mol. The third-order valence-electron chi connectivity index (χ3n) is 0.546. The van der Waals surface area contributed by atoms with Crippen molar-refractivity contribution in [2.24, 2.45) is 0 Å². The number of carbonyl (C=O) groups excluding carboxylic acids is 1. The Morgan fingerprint density at radius 1 is 1.60 bits per heavy atom. The van der Waals surface area contributed by atoms with Gasteiger partial charge >= 0.3 is 15.2 Å². The van der Waals surface area contributed by atoms with Crippen LogP contribution in [-0.4, -0.2) is 29.6 Å². The number of rotatable bonds is 2. The van der Waals surface area contributed by atoms with Crippen molar-refractivity contribution in [3.8, 4) is 0 Å². The lowest BCUT2D eigenvalue weighted by atomic mass is 10.8. The quantitative estimate of drug-likeness (QED) is 0.311. The largest absolute Gasteiger partial charge is 0.343 e. The van der Waals surface area contributed by atoms with Crippen LogP contribution in [0.5, 0.6) is 0 Å². The fraction of sp³-hybridized carbons (Fsp3) is 0.500. The van der Waals surface area contributed by atoms with E-state index in [1.807, 2.05) is 0 Å². The summed E-state index contributed by atoms with van der Waals surface area (Å²) < 4.78 is 27.4. The van der Waals surface area contributed by atoms with Crippen LogP contribution >= 0.6 is 0 Å². The Kier molecular flexibility index (Phi) is 2.43. The molecule has 0 unspecified atom stereocenters. The molecule has 0 aliphatic rings. The van der Waals surface area contributed by atoms with Gasteiger partial charge in [0.15, 0.2) is 0 Å². The molecule has 0 aliphatic carbocycles. The predicted molar refractivity (Wildman–Crippen MR) is 28.4 cm³/mol. The van der Waals surface area contributed by atoms with E-state index in [1.54, 1.807) is 0 Å². The summed E-state index contributed by atoms with van der Waals surface area (Å²) >= 11 is 0. The molecule has 58 valence electrons. The summed E-state index contributed by atoms with van der Waals surface area (Å²) in [6.07, 6.45) is 0. The molecule has 8 heteroatoms. The van der Waals surface area contributed by atoms with Crippen molar-refractivity contribution >= 4 is 15.2 Å². The summed E-state index contributed by atoms with van der Waals surface area (Å²) in [5.74, 6) is 0. The fourth-order valence-corrected chi connectivity index (χ4v) is 0.456. The Morgan fingerprint density at radius 2 is 2.00 bits per heavy atom. The van der Waals surface area contributed by atoms with E-state index >= 15 is 0 Å². The summed E-state index contributed by atoms with van der Waals surface area (Å²) in [5.41, 5.74) is 0. The number of hydrogen-bond acceptors (Lipinski definition) is 5. The molecule has 0 aliphatic heterocycles. The number of nitro groups is 1. The molecule has 0 heterocycles. The second-order valence-electron chi connectivity index (χ2n) is 1.34. The van der Waals surface area contributed by atoms with Crippen LogP contribution in [0.3, 0.4) is 0 Å². The monoisotopic (exact) mass is 169 g/mol. The van der Waals surface area contributed by atoms with Crippen molar-refractivity contribution in [3.63, 3.8) is 0 Å². The van der Waals surface area contributed by atoms with Crippen molar-refractivity contribution < 1.29 is 22.7 Å². The summed E-state index contributed by atoms with van der Waals surface area (Å²) in [4.78, 5) is 18.3. The highest BCUT2D eigenvalue weighted by Crippen LogP contribution is 1.84. The van der Waals surface area contributed by atoms with E-state index < -0.39 is 26.7 Å². The molecule has 0 rings (SSSR count). The molecule has 7 nitrogen and oxygen atoms in total. The lowest BCUT2D eigenvalue weighted by Gasteiger charge is -1.87. The zero-order chi connectivity index (χ0) is 8.36. The van der Waals surface area contributed by atoms with Crippen molar-refractivity contribution in [3.05, 3.63) is 10.1 Å². The van der Waals surface area contributed by atoms with Crippen LogP contribution in [0.15, 0.2) is 0 Å². The molecule has 0 saturated heterocycles. The maximum atomic E-state index is 10.00. The number of hydrogen-bond donors (Lipinski definition) is 1. The van der Waals surface area contributed by atoms with E-state index in [1.165, 1.54) is 0 Å². The van der Waals surface area contributed by atoms with Crippen LogP contribution in [0.1, 0.15) is 0 Å². The van der Waals surface area contributed by atoms with Crippen LogP contribution in [0, 0.1) is 10.1 Å². The molecule has 0 bridgehead atoms. The van der Waals surface area contributed by atoms with E-state index in [-0.39, 0.29) is 0 Å². The lowest BCUT2D eigenvalue weighted by Crippen LogP contribution is -2.22. The molecule has 0 aromatic carbocycles. The minimum atomic E-state index is -4.88. The van der Waals surface area contributed by atoms with Gasteiger partial charge in [-0.1, -0.05) is 0 Å². The maximum absolute atomic E-state index is 10.00. The molecule has 0 amide bonds. The third kappa shape index (κ3) is 3.10. The van der Waals surface area contributed by atoms with Crippen LogP contribution in [0.4, 0.5) is 0 Å². The van der Waals surface area contributed by atoms with Gasteiger partial charge in [-0.05, 0) is 0 Å². The van der Waals surface area contributed by atoms with E-state index in [9.17, 15) is 23.3 Å². The van der Waals surface area contributed by atoms with E-state index in [4.69, 9.17) is 4.55 Å². The van der Waals surface area contributed by atoms with Gasteiger partial charge in [0, 0.05) is 4.92 Å². The van der Waals surface area contributed by atoms with Crippen molar-refractivity contribution in [1.29, 1.82) is 0 Å². The molecule has 0 fully saturated rings. The maximum Gasteiger partial charge on any atom is 0.343 e. The Bertz CT molecular complexity index is 251. The van der Waals surface area contributed by atoms with Crippen molar-refractivity contribution in [2.45, 2.75) is 0 Å². The normalized spacial score (nSPS) is 10.9. The highest BCUT2D eigenvalue weighted by molar-refractivity contribution is 8.01. The predicted octanol–water partition coefficient (Wildman–Crippen LogP) is -1.32. The van der Waals surface area contributed by atoms with Crippen LogP contribution in [0.25, 0.3) is 0 Å². The average Bonchev–Trinajstić information content (AvgIpc) is 1.60. The second-order valence-corrected chi connectivity index (χ2v) is 2.74. The third-order valence-corrected chi connectivity index (χ3v) is 1.25. The van der Waals surface area contributed by atoms with Gasteiger partial charge in [0.05, 0.1) is 0 Å². The minimum Gasteiger partial charge on any atom is -0.279 e. The van der Waals surface area contributed by atoms with Gasteiger partial charge < -0.3 is 0 Å². The molecule has 0 aromatic rings. The molecule has 0 radical (unpaired) electrons. The van der Waals surface area contributed by atoms with Crippen molar-refractivity contribution in [2.75, 3.05) is 6.54 Å². The van der Waals surface area contributed by atoms with Gasteiger partial charge in [-0.2, -0.15) is 8.42 Å². The van der Waals surface area contributed by atoms with Crippen LogP contribution in [-0.2, 0) is 14.9 Å². The van der Waals surface area contributed by atoms with E-state index in [2.05, 4.69) is 0 Å². The highest BCUT2D eigenvalue weighted by atomic mass is 32.2. The Labute approximate surface area is 55.5 Å². The smallest absolute Gasteiger partial charge is 0.279 e. The zero-order valence-electron chi connectivity index (χ0n) is 4.55. The van der Waals surface area contributed by atoms with Crippen molar-refractivity contribution in [1.82, 2.24) is 0 Å². The van der Waals surface area contributed by atoms with E-state index in [0.717, 1.165) is 0 Å². The zero-order valence-corrected chi connectivity index (χ0v) is 5.37. The summed E-state index contributed by atoms with van der Waals surface area (Å²) in [5, 5.41) is 7.66. The van der Waals surface area contributed by atoms with Crippen LogP contribution in [0.2, 0.25) is 0 Å². The van der Waals surface area contributed by atoms with Crippen LogP contribution < -0.4 is 0 Å². The molecular formula is C2H3NO6S. The summed E-state index contributed by atoms with van der Waals surface area (Å²) in [6, 6.07) is 0. The van der Waals surface area contributed by atoms with Gasteiger partial charge in [-0.15, -0.1) is 0 Å². The Balaban J connectivity index is 4.28. The molecule has 1 N–H and O–H groups in total. The molecule has 0 saturated carbocycles. The fourth-order valence-electron chi connectivity index (χ4n) is 0.187. The topological polar surface area (TPSA) is 115 Å². The van der Waals surface area contributed by atoms with Gasteiger partial charge in [-0.25, -0.2) is 0 Å². The summed E-state index contributed by atoms with van der Waals surface area (Å²) in [6.45, 7) is -1.40. The lowest BCUT2D eigenvalue weighted by molar-refractivity contribution is -0.466. The Hall–Kier alpha value is -1.02. The SMILES string of the molecule is O=C(C[N+](=O)[O-])S(=O)(=O)O. The first kappa shape index (κ1) is 8.98. The van der Waals surface area contributed by atoms with Gasteiger partial charge in [0.25, 0.3) is 6.54 Å². The standard InChI is InChI=1S/C2H3NO6S/c4-2(1-3(5)6)10(7,8)9/h1H2,(H,7,8,9). The van der Waals surface area contributed by atoms with E-state index in [0.29, 0.717) is 0 Å². The first-order valence-corrected chi connectivity index (χ1v) is 3.40. The summed E-state index contributed by atoms with van der Waals surface area (Å²) in [7, 11) is -4.88. The molecule has 0 atom stereocenters. The highest BCUT2D eigenvalue weighted by Gasteiger charge is 2.23. The second kappa shape index (κ2) is 2.71. The Morgan fingerprint density at radius 3 is 2.10 bits per heavy atom. The molecule has 0 aromatic heterocycles. The number of carbonyl (C=O) groups is 1. The minimum absolute atomic E-state index is 1.14. The molecule has 10 heavy (non-hydrogen) atoms. The van der Waals surface area contributed by atoms with Gasteiger partial charge in [-0.3, -0.25) is 19.5 Å². The number of nitrogens with zero attached hydrogens (tertiary/aromatic N) is 1. The average molecular weight is 169 g/mol. The molecule has 0 spiro atoms. The van der Waals surface area contributed by atoms with Gasteiger partial charge in [0.1, 0.15) is 0 Å². The van der Waals surface area contributed by atoms with Gasteiger partial charge in [0.2, 0.25) is 0 Å². The first-order chi connectivity index (χ1) is 4.34. The first-order valence-electron chi connectivity index (χ1n) is 1.96.